The van der Waals surface area contributed by atoms with Crippen molar-refractivity contribution in [2.75, 3.05) is 0 Å². The molecule has 143 heavy (non-hydrogen) atoms. The molecule has 30 aromatic rings. The molecule has 0 radical (unpaired) electrons. The number of thiophene rings is 4. The molecule has 20 aromatic carbocycles. The van der Waals surface area contributed by atoms with Crippen molar-refractivity contribution in [3.05, 3.63) is 461 Å². The van der Waals surface area contributed by atoms with E-state index in [-0.39, 0.29) is 0 Å². The van der Waals surface area contributed by atoms with E-state index in [2.05, 4.69) is 359 Å². The summed E-state index contributed by atoms with van der Waals surface area (Å²) in [5, 5.41) is 19.9. The zero-order valence-corrected chi connectivity index (χ0v) is 79.6. The van der Waals surface area contributed by atoms with Gasteiger partial charge in [-0.3, -0.25) is 4.57 Å². The summed E-state index contributed by atoms with van der Waals surface area (Å²) in [7, 11) is 0. The number of hydrogen-bond acceptors (Lipinski definition) is 13. The molecule has 0 N–H and O–H groups in total. The first kappa shape index (κ1) is 83.2. The predicted octanol–water partition coefficient (Wildman–Crippen LogP) is 34.5. The fraction of sp³-hybridized carbons (Fsp3) is 0. The zero-order valence-electron chi connectivity index (χ0n) is 76.4. The van der Waals surface area contributed by atoms with Gasteiger partial charge in [-0.05, 0) is 138 Å². The van der Waals surface area contributed by atoms with Gasteiger partial charge in [0.1, 0.15) is 0 Å². The number of aromatic nitrogens is 12. The van der Waals surface area contributed by atoms with E-state index in [0.717, 1.165) is 83.3 Å². The lowest BCUT2D eigenvalue weighted by Gasteiger charge is -2.15. The standard InChI is InChI=1S/C45H28N4S.C43H26N4S.C39H22N4S2/c1-3-11-29(12-4-1)30-19-21-32(22-20-30)44-46-43(31-13-5-2-6-14-31)47-45(48-44)33-23-25-34(26-24-33)49-39-17-9-7-15-35(39)37-27-38-36-16-8-10-18-41(36)50-42(38)28-40(37)49;1-3-13-27(14-4-1)41-44-42(28-15-5-2-6-16-28)46-43(45-41)33-23-24-37(30-18-8-7-17-29(30)33)47-36-21-11-9-19-31(36)34-25-35-32-20-10-12-22-39(32)48-40(35)26-38(34)47;1-2-11-23(12-3-1)37-40-38(28-17-10-16-27-25-14-5-9-20-34(25)45-36(27)28)42-39(41-37)43-31-18-7-4-13-24(31)29-21-30-26-15-6-8-19-33(26)44-35(30)22-32(29)43/h1-28H;1-26H;1-22H. The lowest BCUT2D eigenvalue weighted by Crippen LogP contribution is -2.06. The summed E-state index contributed by atoms with van der Waals surface area (Å²) < 4.78 is 17.2. The van der Waals surface area contributed by atoms with Gasteiger partial charge in [-0.25, -0.2) is 34.9 Å². The minimum atomic E-state index is 0.614. The van der Waals surface area contributed by atoms with E-state index < -0.39 is 0 Å². The van der Waals surface area contributed by atoms with Crippen molar-refractivity contribution in [3.8, 4) is 120 Å². The van der Waals surface area contributed by atoms with Gasteiger partial charge < -0.3 is 9.13 Å². The fourth-order valence-electron chi connectivity index (χ4n) is 20.7. The summed E-state index contributed by atoms with van der Waals surface area (Å²) in [6.45, 7) is 0. The SMILES string of the molecule is c1ccc(-c2ccc(-c3nc(-c4ccccc4)nc(-c4ccc(-n5c6ccccc6c6cc7c(cc65)sc5ccccc57)cc4)n3)cc2)cc1.c1ccc(-c2nc(-c3cccc4c3sc3ccccc34)nc(-n3c4ccccc4c4cc5c(cc43)sc3ccccc35)n2)cc1.c1ccc(-c2nc(-c3ccccc3)nc(-c3ccc(-n4c5ccccc5c5cc6c(cc54)sc4ccccc46)c4ccccc34)n2)cc1. The third-order valence-electron chi connectivity index (χ3n) is 27.4. The average molecular weight is 1900 g/mol. The third kappa shape index (κ3) is 14.5. The van der Waals surface area contributed by atoms with Crippen molar-refractivity contribution < 1.29 is 0 Å². The summed E-state index contributed by atoms with van der Waals surface area (Å²) in [4.78, 5) is 45.6. The molecule has 0 spiro atoms. The summed E-state index contributed by atoms with van der Waals surface area (Å²) in [5.74, 6) is 5.84. The fourth-order valence-corrected chi connectivity index (χ4v) is 25.3. The van der Waals surface area contributed by atoms with E-state index in [0.29, 0.717) is 52.5 Å². The predicted molar refractivity (Wildman–Crippen MR) is 600 cm³/mol. The third-order valence-corrected chi connectivity index (χ3v) is 32.0. The molecule has 0 aliphatic heterocycles. The molecule has 0 aliphatic carbocycles. The van der Waals surface area contributed by atoms with Crippen LogP contribution in [0.4, 0.5) is 0 Å². The molecule has 0 saturated carbocycles. The highest BCUT2D eigenvalue weighted by Crippen LogP contribution is 2.48. The maximum Gasteiger partial charge on any atom is 0.238 e. The highest BCUT2D eigenvalue weighted by molar-refractivity contribution is 7.27. The highest BCUT2D eigenvalue weighted by atomic mass is 32.1. The van der Waals surface area contributed by atoms with E-state index in [9.17, 15) is 0 Å². The highest BCUT2D eigenvalue weighted by Gasteiger charge is 2.26. The summed E-state index contributed by atoms with van der Waals surface area (Å²) in [6.07, 6.45) is 0. The Morgan fingerprint density at radius 3 is 0.888 bits per heavy atom. The molecule has 12 nitrogen and oxygen atoms in total. The summed E-state index contributed by atoms with van der Waals surface area (Å²) in [6, 6.07) is 162. The monoisotopic (exact) mass is 1900 g/mol. The van der Waals surface area contributed by atoms with Gasteiger partial charge in [0.25, 0.3) is 0 Å². The molecular formula is C127H76N12S4. The van der Waals surface area contributed by atoms with Crippen LogP contribution in [0.5, 0.6) is 0 Å². The maximum atomic E-state index is 5.27. The molecule has 10 heterocycles. The molecule has 10 aromatic heterocycles. The maximum absolute atomic E-state index is 5.27. The van der Waals surface area contributed by atoms with Crippen LogP contribution in [0, 0.1) is 0 Å². The Morgan fingerprint density at radius 1 is 0.147 bits per heavy atom. The van der Waals surface area contributed by atoms with E-state index >= 15 is 0 Å². The van der Waals surface area contributed by atoms with Crippen LogP contribution in [-0.2, 0) is 0 Å². The largest absolute Gasteiger partial charge is 0.309 e. The molecular weight excluding hydrogens is 1820 g/mol. The van der Waals surface area contributed by atoms with Crippen LogP contribution in [0.3, 0.4) is 0 Å². The summed E-state index contributed by atoms with van der Waals surface area (Å²) >= 11 is 7.33. The Hall–Kier alpha value is -18.0. The zero-order chi connectivity index (χ0) is 94.1. The quantitative estimate of drug-likeness (QED) is 0.117. The van der Waals surface area contributed by atoms with E-state index in [1.165, 1.54) is 141 Å². The van der Waals surface area contributed by atoms with Crippen LogP contribution in [0.15, 0.2) is 461 Å². The van der Waals surface area contributed by atoms with Crippen molar-refractivity contribution >= 4 is 202 Å². The van der Waals surface area contributed by atoms with Gasteiger partial charge in [0.15, 0.2) is 46.6 Å². The molecule has 0 aliphatic rings. The van der Waals surface area contributed by atoms with Gasteiger partial charge >= 0.3 is 0 Å². The first-order valence-corrected chi connectivity index (χ1v) is 50.9. The van der Waals surface area contributed by atoms with Gasteiger partial charge in [-0.15, -0.1) is 45.3 Å². The van der Waals surface area contributed by atoms with E-state index in [1.807, 2.05) is 149 Å². The lowest BCUT2D eigenvalue weighted by molar-refractivity contribution is 0.955. The van der Waals surface area contributed by atoms with Crippen LogP contribution in [0.1, 0.15) is 0 Å². The Balaban J connectivity index is 0.000000105. The minimum absolute atomic E-state index is 0.614. The Bertz CT molecular complexity index is 10200. The Kier molecular flexibility index (Phi) is 20.1. The molecule has 0 unspecified atom stereocenters. The first-order valence-electron chi connectivity index (χ1n) is 47.6. The molecule has 0 bridgehead atoms. The normalized spacial score (nSPS) is 11.8. The number of nitrogens with zero attached hydrogens (tertiary/aromatic N) is 12. The topological polar surface area (TPSA) is 131 Å². The van der Waals surface area contributed by atoms with Gasteiger partial charge in [0.2, 0.25) is 5.95 Å². The van der Waals surface area contributed by atoms with E-state index in [4.69, 9.17) is 44.9 Å². The minimum Gasteiger partial charge on any atom is -0.309 e. The number of rotatable bonds is 12. The molecule has 0 amide bonds. The number of fused-ring (bicyclic) bond motifs is 22. The molecule has 0 atom stereocenters. The van der Waals surface area contributed by atoms with Crippen molar-refractivity contribution in [1.29, 1.82) is 0 Å². The second-order valence-corrected chi connectivity index (χ2v) is 40.1. The molecule has 30 rings (SSSR count). The first-order chi connectivity index (χ1) is 70.9. The second kappa shape index (κ2) is 34.5. The number of benzene rings is 20. The van der Waals surface area contributed by atoms with Crippen LogP contribution in [-0.4, -0.2) is 58.6 Å². The van der Waals surface area contributed by atoms with Gasteiger partial charge in [0.05, 0.1) is 38.8 Å². The molecule has 668 valence electrons. The molecule has 16 heteroatoms. The van der Waals surface area contributed by atoms with E-state index in [1.54, 1.807) is 11.3 Å². The van der Waals surface area contributed by atoms with Crippen molar-refractivity contribution in [3.63, 3.8) is 0 Å². The Morgan fingerprint density at radius 2 is 0.441 bits per heavy atom. The van der Waals surface area contributed by atoms with Crippen LogP contribution in [0.25, 0.3) is 276 Å². The Labute approximate surface area is 834 Å². The average Bonchev–Trinajstić information content (AvgIpc) is 1.57. The summed E-state index contributed by atoms with van der Waals surface area (Å²) in [5.41, 5.74) is 19.2. The molecule has 0 fully saturated rings. The number of hydrogen-bond donors (Lipinski definition) is 0. The van der Waals surface area contributed by atoms with Gasteiger partial charge in [-0.1, -0.05) is 340 Å². The van der Waals surface area contributed by atoms with Crippen LogP contribution < -0.4 is 0 Å². The number of para-hydroxylation sites is 3. The van der Waals surface area contributed by atoms with Crippen molar-refractivity contribution in [2.45, 2.75) is 0 Å². The second-order valence-electron chi connectivity index (χ2n) is 35.8. The van der Waals surface area contributed by atoms with Crippen molar-refractivity contribution in [1.82, 2.24) is 58.6 Å². The van der Waals surface area contributed by atoms with Gasteiger partial charge in [-0.2, -0.15) is 9.97 Å². The van der Waals surface area contributed by atoms with Crippen LogP contribution in [0.2, 0.25) is 0 Å². The van der Waals surface area contributed by atoms with Crippen molar-refractivity contribution in [2.24, 2.45) is 0 Å². The smallest absolute Gasteiger partial charge is 0.238 e. The lowest BCUT2D eigenvalue weighted by atomic mass is 10.0. The molecule has 0 saturated heterocycles. The van der Waals surface area contributed by atoms with Gasteiger partial charge in [0, 0.05) is 169 Å². The van der Waals surface area contributed by atoms with Crippen LogP contribution >= 0.6 is 45.3 Å².